The van der Waals surface area contributed by atoms with Crippen LogP contribution in [0.1, 0.15) is 98.5 Å². The lowest BCUT2D eigenvalue weighted by molar-refractivity contribution is 0.0204. The van der Waals surface area contributed by atoms with Gasteiger partial charge in [-0.2, -0.15) is 5.10 Å². The monoisotopic (exact) mass is 665 g/mol. The van der Waals surface area contributed by atoms with E-state index in [1.54, 1.807) is 11.6 Å². The van der Waals surface area contributed by atoms with Crippen LogP contribution in [0, 0.1) is 0 Å². The van der Waals surface area contributed by atoms with E-state index in [0.717, 1.165) is 54.7 Å². The average molecular weight is 666 g/mol. The van der Waals surface area contributed by atoms with Crippen molar-refractivity contribution >= 4 is 12.1 Å². The van der Waals surface area contributed by atoms with E-state index in [2.05, 4.69) is 60.6 Å². The summed E-state index contributed by atoms with van der Waals surface area (Å²) in [6.45, 7) is 11.3. The Hall–Kier alpha value is -4.79. The van der Waals surface area contributed by atoms with Crippen LogP contribution in [0.2, 0.25) is 0 Å². The molecule has 9 nitrogen and oxygen atoms in total. The van der Waals surface area contributed by atoms with Gasteiger partial charge < -0.3 is 23.8 Å². The standard InChI is InChI=1S/C40H47N3O6/c1-7-26-24-31(16-17-32(26)27-19-21-42(22-20-27)39(45)49-40(3,4)5)48-35-18-15-28-11-10-14-33(36(28)35)29-12-9-13-30(23-29)43-37(46-6)34(25-41-43)38(44)47-8-2/h9-14,16-17,23-25,27,35H,7-8,15,18-22H2,1-6H3/t35-/m0/s1. The minimum Gasteiger partial charge on any atom is -0.486 e. The predicted molar refractivity (Wildman–Crippen MR) is 189 cm³/mol. The largest absolute Gasteiger partial charge is 0.486 e. The number of rotatable bonds is 9. The Morgan fingerprint density at radius 1 is 0.959 bits per heavy atom. The number of hydrogen-bond donors (Lipinski definition) is 0. The van der Waals surface area contributed by atoms with E-state index in [1.807, 2.05) is 37.8 Å². The lowest BCUT2D eigenvalue weighted by atomic mass is 9.86. The van der Waals surface area contributed by atoms with Gasteiger partial charge in [-0.05, 0) is 118 Å². The van der Waals surface area contributed by atoms with Crippen LogP contribution in [0.3, 0.4) is 0 Å². The molecule has 1 fully saturated rings. The Bertz CT molecular complexity index is 1810. The number of hydrogen-bond acceptors (Lipinski definition) is 7. The molecule has 1 aromatic heterocycles. The molecule has 0 spiro atoms. The summed E-state index contributed by atoms with van der Waals surface area (Å²) in [5.74, 6) is 1.14. The van der Waals surface area contributed by atoms with E-state index in [-0.39, 0.29) is 24.4 Å². The molecule has 0 radical (unpaired) electrons. The van der Waals surface area contributed by atoms with Gasteiger partial charge in [0.1, 0.15) is 23.0 Å². The van der Waals surface area contributed by atoms with Crippen molar-refractivity contribution in [2.24, 2.45) is 0 Å². The normalized spacial score (nSPS) is 16.3. The predicted octanol–water partition coefficient (Wildman–Crippen LogP) is 8.47. The maximum Gasteiger partial charge on any atom is 0.410 e. The molecule has 4 aromatic rings. The maximum absolute atomic E-state index is 12.6. The molecule has 0 N–H and O–H groups in total. The first-order valence-corrected chi connectivity index (χ1v) is 17.4. The fraction of sp³-hybridized carbons (Fsp3) is 0.425. The molecule has 1 saturated heterocycles. The molecule has 9 heteroatoms. The van der Waals surface area contributed by atoms with Crippen molar-refractivity contribution in [1.29, 1.82) is 0 Å². The summed E-state index contributed by atoms with van der Waals surface area (Å²) in [5.41, 5.74) is 7.85. The molecule has 0 saturated carbocycles. The first-order valence-electron chi connectivity index (χ1n) is 17.4. The number of aryl methyl sites for hydroxylation is 2. The van der Waals surface area contributed by atoms with Crippen molar-refractivity contribution in [3.63, 3.8) is 0 Å². The van der Waals surface area contributed by atoms with Crippen molar-refractivity contribution in [2.75, 3.05) is 26.8 Å². The summed E-state index contributed by atoms with van der Waals surface area (Å²) in [4.78, 5) is 26.9. The smallest absolute Gasteiger partial charge is 0.410 e. The van der Waals surface area contributed by atoms with Gasteiger partial charge in [-0.25, -0.2) is 14.3 Å². The van der Waals surface area contributed by atoms with Gasteiger partial charge in [0.05, 0.1) is 25.6 Å². The molecule has 1 aliphatic carbocycles. The van der Waals surface area contributed by atoms with Crippen LogP contribution in [0.5, 0.6) is 11.6 Å². The van der Waals surface area contributed by atoms with Crippen LogP contribution in [0.4, 0.5) is 4.79 Å². The first-order chi connectivity index (χ1) is 23.6. The zero-order valence-corrected chi connectivity index (χ0v) is 29.5. The van der Waals surface area contributed by atoms with Gasteiger partial charge in [-0.15, -0.1) is 0 Å². The number of amides is 1. The molecular weight excluding hydrogens is 618 g/mol. The van der Waals surface area contributed by atoms with Crippen molar-refractivity contribution < 1.29 is 28.5 Å². The van der Waals surface area contributed by atoms with E-state index >= 15 is 0 Å². The first kappa shape index (κ1) is 34.1. The second-order valence-corrected chi connectivity index (χ2v) is 13.7. The zero-order chi connectivity index (χ0) is 34.7. The molecule has 0 unspecified atom stereocenters. The molecule has 1 amide bonds. The van der Waals surface area contributed by atoms with Crippen molar-refractivity contribution in [3.05, 3.63) is 94.7 Å². The highest BCUT2D eigenvalue weighted by Gasteiger charge is 2.30. The molecule has 2 heterocycles. The minimum absolute atomic E-state index is 0.0860. The summed E-state index contributed by atoms with van der Waals surface area (Å²) in [5, 5.41) is 4.46. The summed E-state index contributed by atoms with van der Waals surface area (Å²) >= 11 is 0. The average Bonchev–Trinajstić information content (AvgIpc) is 3.72. The number of ether oxygens (including phenoxy) is 4. The van der Waals surface area contributed by atoms with E-state index < -0.39 is 11.6 Å². The van der Waals surface area contributed by atoms with Crippen molar-refractivity contribution in [1.82, 2.24) is 14.7 Å². The fourth-order valence-electron chi connectivity index (χ4n) is 7.11. The number of carbonyl (C=O) groups is 2. The molecule has 1 atom stereocenters. The number of piperidine rings is 1. The Morgan fingerprint density at radius 3 is 2.45 bits per heavy atom. The third-order valence-electron chi connectivity index (χ3n) is 9.37. The highest BCUT2D eigenvalue weighted by molar-refractivity contribution is 5.92. The van der Waals surface area contributed by atoms with E-state index in [9.17, 15) is 9.59 Å². The number of esters is 1. The Labute approximate surface area is 289 Å². The zero-order valence-electron chi connectivity index (χ0n) is 29.5. The number of carbonyl (C=O) groups excluding carboxylic acids is 2. The van der Waals surface area contributed by atoms with Gasteiger partial charge in [-0.1, -0.05) is 43.3 Å². The van der Waals surface area contributed by atoms with Gasteiger partial charge in [0, 0.05) is 18.7 Å². The molecule has 2 aliphatic rings. The topological polar surface area (TPSA) is 92.1 Å². The van der Waals surface area contributed by atoms with Crippen LogP contribution in [-0.2, 0) is 22.3 Å². The van der Waals surface area contributed by atoms with Crippen molar-refractivity contribution in [2.45, 2.75) is 84.3 Å². The molecular formula is C40H47N3O6. The van der Waals surface area contributed by atoms with Crippen LogP contribution in [0.25, 0.3) is 16.8 Å². The Balaban J connectivity index is 1.21. The van der Waals surface area contributed by atoms with Gasteiger partial charge in [-0.3, -0.25) is 0 Å². The minimum atomic E-state index is -0.491. The van der Waals surface area contributed by atoms with Crippen LogP contribution < -0.4 is 9.47 Å². The SMILES string of the molecule is CCOC(=O)c1cnn(-c2cccc(-c3cccc4c3[C@@H](Oc3ccc(C5CCN(C(=O)OC(C)(C)C)CC5)c(CC)c3)CC4)c2)c1OC. The lowest BCUT2D eigenvalue weighted by Gasteiger charge is -2.34. The summed E-state index contributed by atoms with van der Waals surface area (Å²) in [7, 11) is 1.53. The Kier molecular flexibility index (Phi) is 9.99. The summed E-state index contributed by atoms with van der Waals surface area (Å²) in [6, 6.07) is 21.1. The third-order valence-corrected chi connectivity index (χ3v) is 9.37. The summed E-state index contributed by atoms with van der Waals surface area (Å²) < 4.78 is 24.8. The molecule has 0 bridgehead atoms. The maximum atomic E-state index is 12.6. The van der Waals surface area contributed by atoms with Gasteiger partial charge in [0.2, 0.25) is 5.88 Å². The van der Waals surface area contributed by atoms with Crippen LogP contribution in [0.15, 0.2) is 66.9 Å². The molecule has 258 valence electrons. The second-order valence-electron chi connectivity index (χ2n) is 13.7. The third kappa shape index (κ3) is 7.31. The van der Waals surface area contributed by atoms with E-state index in [4.69, 9.17) is 18.9 Å². The highest BCUT2D eigenvalue weighted by Crippen LogP contribution is 2.42. The molecule has 49 heavy (non-hydrogen) atoms. The van der Waals surface area contributed by atoms with E-state index in [0.29, 0.717) is 24.9 Å². The van der Waals surface area contributed by atoms with Crippen LogP contribution >= 0.6 is 0 Å². The molecule has 3 aromatic carbocycles. The van der Waals surface area contributed by atoms with Crippen LogP contribution in [-0.4, -0.2) is 59.2 Å². The lowest BCUT2D eigenvalue weighted by Crippen LogP contribution is -2.41. The number of fused-ring (bicyclic) bond motifs is 1. The van der Waals surface area contributed by atoms with Crippen molar-refractivity contribution in [3.8, 4) is 28.4 Å². The van der Waals surface area contributed by atoms with E-state index in [1.165, 1.54) is 35.6 Å². The number of nitrogens with zero attached hydrogens (tertiary/aromatic N) is 3. The summed E-state index contributed by atoms with van der Waals surface area (Å²) in [6.07, 6.45) is 5.75. The van der Waals surface area contributed by atoms with Gasteiger partial charge >= 0.3 is 12.1 Å². The number of benzene rings is 3. The Morgan fingerprint density at radius 2 is 1.73 bits per heavy atom. The highest BCUT2D eigenvalue weighted by atomic mass is 16.6. The molecule has 6 rings (SSSR count). The number of aromatic nitrogens is 2. The second kappa shape index (κ2) is 14.4. The van der Waals surface area contributed by atoms with Gasteiger partial charge in [0.25, 0.3) is 0 Å². The fourth-order valence-corrected chi connectivity index (χ4v) is 7.11. The number of likely N-dealkylation sites (tertiary alicyclic amines) is 1. The quantitative estimate of drug-likeness (QED) is 0.166. The van der Waals surface area contributed by atoms with Gasteiger partial charge in [0.15, 0.2) is 0 Å². The number of methoxy groups -OCH3 is 1. The molecule has 1 aliphatic heterocycles.